The predicted octanol–water partition coefficient (Wildman–Crippen LogP) is 3.73. The highest BCUT2D eigenvalue weighted by Gasteiger charge is 2.34. The number of carbonyl (C=O) groups is 3. The zero-order valence-electron chi connectivity index (χ0n) is 20.1. The van der Waals surface area contributed by atoms with Gasteiger partial charge in [0.05, 0.1) is 0 Å². The summed E-state index contributed by atoms with van der Waals surface area (Å²) in [6, 6.07) is 14.3. The van der Waals surface area contributed by atoms with Gasteiger partial charge in [-0.2, -0.15) is 0 Å². The maximum Gasteiger partial charge on any atom is 0.254 e. The second-order valence-electron chi connectivity index (χ2n) is 9.40. The van der Waals surface area contributed by atoms with Gasteiger partial charge in [0.1, 0.15) is 6.04 Å². The summed E-state index contributed by atoms with van der Waals surface area (Å²) in [5.41, 5.74) is 3.29. The van der Waals surface area contributed by atoms with E-state index in [4.69, 9.17) is 0 Å². The molecule has 1 unspecified atom stereocenters. The van der Waals surface area contributed by atoms with Gasteiger partial charge in [0.15, 0.2) is 0 Å². The van der Waals surface area contributed by atoms with Gasteiger partial charge in [-0.15, -0.1) is 0 Å². The number of benzene rings is 2. The van der Waals surface area contributed by atoms with Crippen LogP contribution in [0.4, 0.5) is 0 Å². The molecule has 2 aromatic carbocycles. The van der Waals surface area contributed by atoms with E-state index in [1.54, 1.807) is 12.1 Å². The number of likely N-dealkylation sites (tertiary alicyclic amines) is 1. The minimum atomic E-state index is -0.631. The highest BCUT2D eigenvalue weighted by Crippen LogP contribution is 2.24. The Bertz CT molecular complexity index is 976. The Kier molecular flexibility index (Phi) is 8.26. The molecule has 33 heavy (non-hydrogen) atoms. The van der Waals surface area contributed by atoms with Gasteiger partial charge in [0.2, 0.25) is 5.91 Å². The molecule has 1 saturated heterocycles. The highest BCUT2D eigenvalue weighted by molar-refractivity contribution is 5.98. The quantitative estimate of drug-likeness (QED) is 0.676. The van der Waals surface area contributed by atoms with Crippen LogP contribution in [0.2, 0.25) is 0 Å². The van der Waals surface area contributed by atoms with Gasteiger partial charge in [0.25, 0.3) is 11.8 Å². The summed E-state index contributed by atoms with van der Waals surface area (Å²) < 4.78 is 0. The lowest BCUT2D eigenvalue weighted by Gasteiger charge is -2.36. The smallest absolute Gasteiger partial charge is 0.254 e. The third kappa shape index (κ3) is 6.44. The first kappa shape index (κ1) is 24.5. The number of hydrogen-bond acceptors (Lipinski definition) is 3. The molecule has 1 fully saturated rings. The molecule has 6 heteroatoms. The standard InChI is InChI=1S/C27H35N3O3/c1-18(2)17-28-26(32)24(29-25(31)22-11-9-19(3)10-12-22)21-13-15-30(16-14-21)27(33)23-8-6-5-7-20(23)4/h5-12,18,21,24H,13-17H2,1-4H3,(H,28,32)(H,29,31). The molecule has 3 rings (SSSR count). The van der Waals surface area contributed by atoms with Crippen molar-refractivity contribution in [3.05, 3.63) is 70.8 Å². The van der Waals surface area contributed by atoms with E-state index >= 15 is 0 Å². The molecule has 0 aliphatic carbocycles. The second kappa shape index (κ2) is 11.1. The maximum absolute atomic E-state index is 13.0. The van der Waals surface area contributed by atoms with Crippen LogP contribution in [0.1, 0.15) is 58.5 Å². The van der Waals surface area contributed by atoms with Crippen molar-refractivity contribution in [2.75, 3.05) is 19.6 Å². The van der Waals surface area contributed by atoms with Crippen molar-refractivity contribution in [2.45, 2.75) is 46.6 Å². The third-order valence-corrected chi connectivity index (χ3v) is 6.24. The van der Waals surface area contributed by atoms with Crippen molar-refractivity contribution in [1.82, 2.24) is 15.5 Å². The van der Waals surface area contributed by atoms with E-state index in [0.717, 1.165) is 16.7 Å². The van der Waals surface area contributed by atoms with Gasteiger partial charge < -0.3 is 15.5 Å². The molecule has 176 valence electrons. The lowest BCUT2D eigenvalue weighted by molar-refractivity contribution is -0.124. The van der Waals surface area contributed by atoms with Crippen LogP contribution in [-0.4, -0.2) is 48.3 Å². The molecule has 0 aromatic heterocycles. The number of rotatable bonds is 7. The monoisotopic (exact) mass is 449 g/mol. The topological polar surface area (TPSA) is 78.5 Å². The molecule has 1 aliphatic rings. The summed E-state index contributed by atoms with van der Waals surface area (Å²) in [4.78, 5) is 40.8. The molecule has 0 radical (unpaired) electrons. The number of carbonyl (C=O) groups excluding carboxylic acids is 3. The molecule has 1 heterocycles. The van der Waals surface area contributed by atoms with E-state index < -0.39 is 6.04 Å². The van der Waals surface area contributed by atoms with Crippen molar-refractivity contribution >= 4 is 17.7 Å². The first-order valence-corrected chi connectivity index (χ1v) is 11.8. The van der Waals surface area contributed by atoms with E-state index in [2.05, 4.69) is 10.6 Å². The summed E-state index contributed by atoms with van der Waals surface area (Å²) in [6.45, 7) is 9.66. The van der Waals surface area contributed by atoms with Crippen LogP contribution in [0, 0.1) is 25.7 Å². The summed E-state index contributed by atoms with van der Waals surface area (Å²) >= 11 is 0. The number of nitrogens with one attached hydrogen (secondary N) is 2. The zero-order valence-corrected chi connectivity index (χ0v) is 20.1. The van der Waals surface area contributed by atoms with Crippen molar-refractivity contribution in [2.24, 2.45) is 11.8 Å². The van der Waals surface area contributed by atoms with Crippen molar-refractivity contribution in [1.29, 1.82) is 0 Å². The normalized spacial score (nSPS) is 15.2. The van der Waals surface area contributed by atoms with E-state index in [9.17, 15) is 14.4 Å². The Labute approximate surface area is 196 Å². The molecule has 6 nitrogen and oxygen atoms in total. The second-order valence-corrected chi connectivity index (χ2v) is 9.40. The molecule has 2 aromatic rings. The minimum Gasteiger partial charge on any atom is -0.354 e. The number of piperidine rings is 1. The Morgan fingerprint density at radius 2 is 1.61 bits per heavy atom. The predicted molar refractivity (Wildman–Crippen MR) is 130 cm³/mol. The van der Waals surface area contributed by atoms with Crippen molar-refractivity contribution in [3.8, 4) is 0 Å². The molecule has 3 amide bonds. The summed E-state index contributed by atoms with van der Waals surface area (Å²) in [5.74, 6) is -0.106. The van der Waals surface area contributed by atoms with Crippen LogP contribution in [0.3, 0.4) is 0 Å². The lowest BCUT2D eigenvalue weighted by atomic mass is 9.88. The Morgan fingerprint density at radius 1 is 0.970 bits per heavy atom. The maximum atomic E-state index is 13.0. The van der Waals surface area contributed by atoms with E-state index in [-0.39, 0.29) is 23.6 Å². The molecular weight excluding hydrogens is 414 g/mol. The number of nitrogens with zero attached hydrogens (tertiary/aromatic N) is 1. The first-order valence-electron chi connectivity index (χ1n) is 11.8. The number of hydrogen-bond donors (Lipinski definition) is 2. The highest BCUT2D eigenvalue weighted by atomic mass is 16.2. The SMILES string of the molecule is Cc1ccc(C(=O)NC(C(=O)NCC(C)C)C2CCN(C(=O)c3ccccc3C)CC2)cc1. The number of aryl methyl sites for hydroxylation is 2. The summed E-state index contributed by atoms with van der Waals surface area (Å²) in [6.07, 6.45) is 1.32. The fourth-order valence-corrected chi connectivity index (χ4v) is 4.16. The molecule has 1 atom stereocenters. The Hall–Kier alpha value is -3.15. The van der Waals surface area contributed by atoms with Crippen LogP contribution in [-0.2, 0) is 4.79 Å². The third-order valence-electron chi connectivity index (χ3n) is 6.24. The fourth-order valence-electron chi connectivity index (χ4n) is 4.16. The molecule has 0 bridgehead atoms. The molecule has 0 saturated carbocycles. The Balaban J connectivity index is 1.69. The molecule has 1 aliphatic heterocycles. The minimum absolute atomic E-state index is 0.0241. The van der Waals surface area contributed by atoms with Crippen LogP contribution in [0.25, 0.3) is 0 Å². The van der Waals surface area contributed by atoms with Crippen molar-refractivity contribution < 1.29 is 14.4 Å². The van der Waals surface area contributed by atoms with Crippen molar-refractivity contribution in [3.63, 3.8) is 0 Å². The lowest BCUT2D eigenvalue weighted by Crippen LogP contribution is -2.54. The summed E-state index contributed by atoms with van der Waals surface area (Å²) in [5, 5.41) is 5.95. The van der Waals surface area contributed by atoms with Crippen LogP contribution < -0.4 is 10.6 Å². The number of amides is 3. The molecule has 2 N–H and O–H groups in total. The summed E-state index contributed by atoms with van der Waals surface area (Å²) in [7, 11) is 0. The van der Waals surface area contributed by atoms with Gasteiger partial charge >= 0.3 is 0 Å². The average molecular weight is 450 g/mol. The van der Waals surface area contributed by atoms with Crippen LogP contribution in [0.5, 0.6) is 0 Å². The van der Waals surface area contributed by atoms with Gasteiger partial charge in [0, 0.05) is 30.8 Å². The average Bonchev–Trinajstić information content (AvgIpc) is 2.81. The first-order chi connectivity index (χ1) is 15.8. The van der Waals surface area contributed by atoms with Crippen LogP contribution in [0.15, 0.2) is 48.5 Å². The van der Waals surface area contributed by atoms with Gasteiger partial charge in [-0.25, -0.2) is 0 Å². The zero-order chi connectivity index (χ0) is 24.0. The van der Waals surface area contributed by atoms with Gasteiger partial charge in [-0.05, 0) is 62.3 Å². The van der Waals surface area contributed by atoms with Gasteiger partial charge in [-0.3, -0.25) is 14.4 Å². The van der Waals surface area contributed by atoms with E-state index in [1.807, 2.05) is 69.0 Å². The Morgan fingerprint density at radius 3 is 2.21 bits per heavy atom. The van der Waals surface area contributed by atoms with Crippen LogP contribution >= 0.6 is 0 Å². The molecular formula is C27H35N3O3. The molecule has 0 spiro atoms. The fraction of sp³-hybridized carbons (Fsp3) is 0.444. The van der Waals surface area contributed by atoms with Gasteiger partial charge in [-0.1, -0.05) is 49.7 Å². The van der Waals surface area contributed by atoms with E-state index in [1.165, 1.54) is 0 Å². The van der Waals surface area contributed by atoms with E-state index in [0.29, 0.717) is 44.0 Å². The largest absolute Gasteiger partial charge is 0.354 e.